The molecule has 1 aromatic heterocycles. The molecule has 23 heavy (non-hydrogen) atoms. The molecule has 0 spiro atoms. The number of alkyl halides is 3. The summed E-state index contributed by atoms with van der Waals surface area (Å²) >= 11 is 0. The average Bonchev–Trinajstić information content (AvgIpc) is 2.90. The first-order chi connectivity index (χ1) is 10.7. The van der Waals surface area contributed by atoms with Gasteiger partial charge in [-0.05, 0) is 30.5 Å². The third kappa shape index (κ3) is 4.16. The monoisotopic (exact) mass is 326 g/mol. The normalized spacial score (nSPS) is 13.6. The topological polar surface area (TPSA) is 33.4 Å². The largest absolute Gasteiger partial charge is 0.461 e. The number of hydrogen-bond acceptors (Lipinski definition) is 2. The molecule has 1 N–H and O–H groups in total. The number of rotatable bonds is 5. The zero-order valence-corrected chi connectivity index (χ0v) is 13.4. The summed E-state index contributed by atoms with van der Waals surface area (Å²) < 4.78 is 43.6. The summed E-state index contributed by atoms with van der Waals surface area (Å²) in [6, 6.07) is 6.58. The third-order valence-electron chi connectivity index (χ3n) is 3.71. The SMILES string of the molecule is CCc1oc(-c2ccc(C(F)(F)F)cc2)cc1C(O)CC(C)C. The molecule has 0 fully saturated rings. The fourth-order valence-corrected chi connectivity index (χ4v) is 2.54. The Kier molecular flexibility index (Phi) is 5.19. The summed E-state index contributed by atoms with van der Waals surface area (Å²) in [6.45, 7) is 5.96. The molecule has 0 saturated carbocycles. The zero-order chi connectivity index (χ0) is 17.2. The van der Waals surface area contributed by atoms with Crippen LogP contribution in [0.5, 0.6) is 0 Å². The maximum absolute atomic E-state index is 12.6. The number of halogens is 3. The Bertz CT molecular complexity index is 639. The van der Waals surface area contributed by atoms with E-state index < -0.39 is 17.8 Å². The van der Waals surface area contributed by atoms with Gasteiger partial charge in [-0.25, -0.2) is 0 Å². The minimum absolute atomic E-state index is 0.333. The van der Waals surface area contributed by atoms with Crippen molar-refractivity contribution in [1.29, 1.82) is 0 Å². The van der Waals surface area contributed by atoms with Crippen LogP contribution >= 0.6 is 0 Å². The van der Waals surface area contributed by atoms with Gasteiger partial charge in [0.05, 0.1) is 11.7 Å². The summed E-state index contributed by atoms with van der Waals surface area (Å²) in [5.41, 5.74) is 0.593. The van der Waals surface area contributed by atoms with Crippen LogP contribution in [0.2, 0.25) is 0 Å². The molecule has 1 atom stereocenters. The van der Waals surface area contributed by atoms with E-state index in [2.05, 4.69) is 0 Å². The molecule has 0 saturated heterocycles. The molecule has 5 heteroatoms. The van der Waals surface area contributed by atoms with Crippen molar-refractivity contribution in [2.45, 2.75) is 45.9 Å². The Morgan fingerprint density at radius 3 is 2.22 bits per heavy atom. The average molecular weight is 326 g/mol. The lowest BCUT2D eigenvalue weighted by Crippen LogP contribution is -2.03. The fraction of sp³-hybridized carbons (Fsp3) is 0.444. The van der Waals surface area contributed by atoms with Gasteiger partial charge in [0.2, 0.25) is 0 Å². The van der Waals surface area contributed by atoms with Gasteiger partial charge in [-0.15, -0.1) is 0 Å². The van der Waals surface area contributed by atoms with Crippen molar-refractivity contribution in [1.82, 2.24) is 0 Å². The highest BCUT2D eigenvalue weighted by Crippen LogP contribution is 2.34. The molecule has 126 valence electrons. The molecular weight excluding hydrogens is 305 g/mol. The van der Waals surface area contributed by atoms with Crippen molar-refractivity contribution in [3.8, 4) is 11.3 Å². The van der Waals surface area contributed by atoms with Gasteiger partial charge in [0.25, 0.3) is 0 Å². The maximum atomic E-state index is 12.6. The predicted molar refractivity (Wildman–Crippen MR) is 82.9 cm³/mol. The maximum Gasteiger partial charge on any atom is 0.416 e. The summed E-state index contributed by atoms with van der Waals surface area (Å²) in [6.07, 6.45) is -3.75. The van der Waals surface area contributed by atoms with Crippen molar-refractivity contribution in [3.05, 3.63) is 47.2 Å². The van der Waals surface area contributed by atoms with Crippen LogP contribution in [0.1, 0.15) is 50.2 Å². The van der Waals surface area contributed by atoms with E-state index in [1.165, 1.54) is 12.1 Å². The molecule has 0 amide bonds. The van der Waals surface area contributed by atoms with E-state index in [-0.39, 0.29) is 0 Å². The van der Waals surface area contributed by atoms with Crippen LogP contribution < -0.4 is 0 Å². The van der Waals surface area contributed by atoms with Crippen molar-refractivity contribution >= 4 is 0 Å². The summed E-state index contributed by atoms with van der Waals surface area (Å²) in [5.74, 6) is 1.49. The van der Waals surface area contributed by atoms with Crippen LogP contribution in [-0.2, 0) is 12.6 Å². The van der Waals surface area contributed by atoms with Gasteiger partial charge in [0, 0.05) is 17.5 Å². The number of aliphatic hydroxyl groups excluding tert-OH is 1. The van der Waals surface area contributed by atoms with Gasteiger partial charge in [-0.2, -0.15) is 13.2 Å². The Morgan fingerprint density at radius 1 is 1.13 bits per heavy atom. The molecule has 2 aromatic rings. The van der Waals surface area contributed by atoms with Crippen molar-refractivity contribution in [2.75, 3.05) is 0 Å². The number of furan rings is 1. The van der Waals surface area contributed by atoms with Gasteiger partial charge in [-0.1, -0.05) is 32.9 Å². The number of aliphatic hydroxyl groups is 1. The Labute approximate surface area is 133 Å². The smallest absolute Gasteiger partial charge is 0.416 e. The van der Waals surface area contributed by atoms with Gasteiger partial charge in [0.1, 0.15) is 11.5 Å². The molecule has 2 rings (SSSR count). The van der Waals surface area contributed by atoms with Gasteiger partial charge >= 0.3 is 6.18 Å². The van der Waals surface area contributed by atoms with Gasteiger partial charge < -0.3 is 9.52 Å². The second kappa shape index (κ2) is 6.79. The van der Waals surface area contributed by atoms with E-state index >= 15 is 0 Å². The standard InChI is InChI=1S/C18H21F3O2/c1-4-16-14(15(22)9-11(2)3)10-17(23-16)12-5-7-13(8-6-12)18(19,20)21/h5-8,10-11,15,22H,4,9H2,1-3H3. The highest BCUT2D eigenvalue weighted by molar-refractivity contribution is 5.59. The van der Waals surface area contributed by atoms with Gasteiger partial charge in [-0.3, -0.25) is 0 Å². The van der Waals surface area contributed by atoms with Crippen LogP contribution in [0.15, 0.2) is 34.7 Å². The summed E-state index contributed by atoms with van der Waals surface area (Å²) in [5, 5.41) is 10.3. The molecule has 0 aliphatic heterocycles. The molecule has 1 aromatic carbocycles. The van der Waals surface area contributed by atoms with Gasteiger partial charge in [0.15, 0.2) is 0 Å². The summed E-state index contributed by atoms with van der Waals surface area (Å²) in [4.78, 5) is 0. The molecule has 0 aliphatic carbocycles. The van der Waals surface area contributed by atoms with E-state index in [4.69, 9.17) is 4.42 Å². The molecule has 1 heterocycles. The summed E-state index contributed by atoms with van der Waals surface area (Å²) in [7, 11) is 0. The lowest BCUT2D eigenvalue weighted by molar-refractivity contribution is -0.137. The third-order valence-corrected chi connectivity index (χ3v) is 3.71. The lowest BCUT2D eigenvalue weighted by atomic mass is 9.98. The second-order valence-corrected chi connectivity index (χ2v) is 6.06. The quantitative estimate of drug-likeness (QED) is 0.775. The molecule has 1 unspecified atom stereocenters. The Morgan fingerprint density at radius 2 is 1.74 bits per heavy atom. The zero-order valence-electron chi connectivity index (χ0n) is 13.4. The van der Waals surface area contributed by atoms with Crippen LogP contribution in [0, 0.1) is 5.92 Å². The number of aryl methyl sites for hydroxylation is 1. The van der Waals surface area contributed by atoms with E-state index in [1.807, 2.05) is 20.8 Å². The number of benzene rings is 1. The predicted octanol–water partition coefficient (Wildman–Crippen LogP) is 5.61. The molecule has 2 nitrogen and oxygen atoms in total. The molecule has 0 aliphatic rings. The minimum Gasteiger partial charge on any atom is -0.461 e. The lowest BCUT2D eigenvalue weighted by Gasteiger charge is -2.12. The fourth-order valence-electron chi connectivity index (χ4n) is 2.54. The van der Waals surface area contributed by atoms with E-state index in [9.17, 15) is 18.3 Å². The van der Waals surface area contributed by atoms with Crippen molar-refractivity contribution in [2.24, 2.45) is 5.92 Å². The van der Waals surface area contributed by atoms with Crippen LogP contribution in [0.4, 0.5) is 13.2 Å². The first kappa shape index (κ1) is 17.6. The van der Waals surface area contributed by atoms with Crippen LogP contribution in [0.25, 0.3) is 11.3 Å². The van der Waals surface area contributed by atoms with E-state index in [1.54, 1.807) is 6.07 Å². The second-order valence-electron chi connectivity index (χ2n) is 6.06. The van der Waals surface area contributed by atoms with E-state index in [0.717, 1.165) is 17.7 Å². The Hall–Kier alpha value is -1.75. The van der Waals surface area contributed by atoms with Crippen molar-refractivity contribution in [3.63, 3.8) is 0 Å². The highest BCUT2D eigenvalue weighted by Gasteiger charge is 2.30. The van der Waals surface area contributed by atoms with Crippen LogP contribution in [-0.4, -0.2) is 5.11 Å². The van der Waals surface area contributed by atoms with E-state index in [0.29, 0.717) is 35.8 Å². The first-order valence-electron chi connectivity index (χ1n) is 7.70. The molecule has 0 radical (unpaired) electrons. The minimum atomic E-state index is -4.35. The van der Waals surface area contributed by atoms with Crippen molar-refractivity contribution < 1.29 is 22.7 Å². The van der Waals surface area contributed by atoms with Crippen LogP contribution in [0.3, 0.4) is 0 Å². The molecule has 0 bridgehead atoms. The molecular formula is C18H21F3O2. The Balaban J connectivity index is 2.32. The highest BCUT2D eigenvalue weighted by atomic mass is 19.4. The first-order valence-corrected chi connectivity index (χ1v) is 7.70. The number of hydrogen-bond donors (Lipinski definition) is 1.